The van der Waals surface area contributed by atoms with Crippen LogP contribution in [0.2, 0.25) is 0 Å². The number of nitriles is 1. The van der Waals surface area contributed by atoms with Gasteiger partial charge in [-0.15, -0.1) is 0 Å². The van der Waals surface area contributed by atoms with E-state index in [2.05, 4.69) is 5.32 Å². The van der Waals surface area contributed by atoms with Crippen LogP contribution >= 0.6 is 0 Å². The molecular weight excluding hydrogens is 100 g/mol. The van der Waals surface area contributed by atoms with Gasteiger partial charge in [-0.2, -0.15) is 5.26 Å². The van der Waals surface area contributed by atoms with E-state index in [1.54, 1.807) is 6.20 Å². The van der Waals surface area contributed by atoms with E-state index in [1.165, 1.54) is 0 Å². The number of hydrogen-bond acceptors (Lipinski definition) is 2. The fourth-order valence-electron chi connectivity index (χ4n) is 0.539. The van der Waals surface area contributed by atoms with Crippen LogP contribution in [0.5, 0.6) is 0 Å². The molecule has 0 atom stereocenters. The van der Waals surface area contributed by atoms with E-state index in [4.69, 9.17) is 5.26 Å². The normalized spacial score (nSPS) is 16.1. The molecule has 0 aromatic carbocycles. The number of nitrogens with zero attached hydrogens (tertiary/aromatic N) is 1. The maximum absolute atomic E-state index is 8.28. The second-order valence-electron chi connectivity index (χ2n) is 1.51. The van der Waals surface area contributed by atoms with Gasteiger partial charge in [-0.05, 0) is 18.7 Å². The topological polar surface area (TPSA) is 35.8 Å². The minimum Gasteiger partial charge on any atom is -0.354 e. The molecule has 40 valence electrons. The second kappa shape index (κ2) is 2.17. The first-order valence-corrected chi connectivity index (χ1v) is 2.45. The molecule has 0 saturated heterocycles. The molecule has 8 heavy (non-hydrogen) atoms. The van der Waals surface area contributed by atoms with E-state index >= 15 is 0 Å². The van der Waals surface area contributed by atoms with E-state index < -0.39 is 0 Å². The number of allylic oxidation sites excluding steroid dienone is 3. The molecule has 0 aromatic heterocycles. The molecule has 2 nitrogen and oxygen atoms in total. The summed E-state index contributed by atoms with van der Waals surface area (Å²) >= 11 is 0. The van der Waals surface area contributed by atoms with E-state index in [9.17, 15) is 0 Å². The molecular formula is C6H6N2. The van der Waals surface area contributed by atoms with Crippen molar-refractivity contribution in [2.45, 2.75) is 6.42 Å². The lowest BCUT2D eigenvalue weighted by atomic mass is 10.3. The molecule has 0 aromatic rings. The van der Waals surface area contributed by atoms with Crippen molar-refractivity contribution in [2.24, 2.45) is 0 Å². The highest BCUT2D eigenvalue weighted by Gasteiger charge is 1.91. The predicted molar refractivity (Wildman–Crippen MR) is 30.6 cm³/mol. The van der Waals surface area contributed by atoms with Crippen molar-refractivity contribution in [2.75, 3.05) is 0 Å². The lowest BCUT2D eigenvalue weighted by Crippen LogP contribution is -2.04. The lowest BCUT2D eigenvalue weighted by molar-refractivity contribution is 1.05. The van der Waals surface area contributed by atoms with Crippen LogP contribution in [0.1, 0.15) is 6.42 Å². The van der Waals surface area contributed by atoms with Gasteiger partial charge >= 0.3 is 0 Å². The summed E-state index contributed by atoms with van der Waals surface area (Å²) in [6.45, 7) is 0. The summed E-state index contributed by atoms with van der Waals surface area (Å²) in [4.78, 5) is 0. The molecule has 1 N–H and O–H groups in total. The lowest BCUT2D eigenvalue weighted by Gasteiger charge is -1.99. The zero-order valence-corrected chi connectivity index (χ0v) is 4.39. The second-order valence-corrected chi connectivity index (χ2v) is 1.51. The minimum absolute atomic E-state index is 0.646. The molecule has 0 saturated carbocycles. The Hall–Kier alpha value is -1.23. The molecule has 1 rings (SSSR count). The summed E-state index contributed by atoms with van der Waals surface area (Å²) < 4.78 is 0. The number of nitrogens with one attached hydrogen (secondary N) is 1. The Kier molecular flexibility index (Phi) is 1.34. The summed E-state index contributed by atoms with van der Waals surface area (Å²) in [5.41, 5.74) is 0.646. The van der Waals surface area contributed by atoms with Crippen molar-refractivity contribution in [1.29, 1.82) is 5.26 Å². The van der Waals surface area contributed by atoms with Gasteiger partial charge in [-0.3, -0.25) is 0 Å². The van der Waals surface area contributed by atoms with Crippen LogP contribution in [0.25, 0.3) is 0 Å². The van der Waals surface area contributed by atoms with Gasteiger partial charge in [-0.1, -0.05) is 6.08 Å². The van der Waals surface area contributed by atoms with Crippen molar-refractivity contribution < 1.29 is 0 Å². The Morgan fingerprint density at radius 2 is 2.62 bits per heavy atom. The van der Waals surface area contributed by atoms with Crippen molar-refractivity contribution >= 4 is 0 Å². The third-order valence-corrected chi connectivity index (χ3v) is 0.935. The average Bonchev–Trinajstić information content (AvgIpc) is 1.90. The molecule has 1 aliphatic heterocycles. The highest BCUT2D eigenvalue weighted by Crippen LogP contribution is 1.96. The van der Waals surface area contributed by atoms with Crippen LogP contribution in [0, 0.1) is 11.3 Å². The molecule has 0 radical (unpaired) electrons. The zero-order valence-electron chi connectivity index (χ0n) is 4.39. The standard InChI is InChI=1S/C6H6N2/c7-5-6-3-1-2-4-8-6/h2-4,8H,1H2. The van der Waals surface area contributed by atoms with Crippen molar-refractivity contribution in [3.63, 3.8) is 0 Å². The Morgan fingerprint density at radius 3 is 3.00 bits per heavy atom. The van der Waals surface area contributed by atoms with Gasteiger partial charge in [0.2, 0.25) is 0 Å². The Labute approximate surface area is 48.1 Å². The molecule has 0 fully saturated rings. The molecule has 0 aliphatic carbocycles. The summed E-state index contributed by atoms with van der Waals surface area (Å²) in [6, 6.07) is 2.00. The van der Waals surface area contributed by atoms with Gasteiger partial charge in [0.05, 0.1) is 0 Å². The largest absolute Gasteiger partial charge is 0.354 e. The first kappa shape index (κ1) is 4.92. The van der Waals surface area contributed by atoms with Crippen LogP contribution in [0.4, 0.5) is 0 Å². The summed E-state index contributed by atoms with van der Waals surface area (Å²) in [7, 11) is 0. The van der Waals surface area contributed by atoms with Gasteiger partial charge in [0.25, 0.3) is 0 Å². The highest BCUT2D eigenvalue weighted by molar-refractivity contribution is 5.23. The third kappa shape index (κ3) is 0.881. The fourth-order valence-corrected chi connectivity index (χ4v) is 0.539. The van der Waals surface area contributed by atoms with E-state index in [0.29, 0.717) is 5.70 Å². The van der Waals surface area contributed by atoms with Gasteiger partial charge < -0.3 is 5.32 Å². The average molecular weight is 106 g/mol. The highest BCUT2D eigenvalue weighted by atomic mass is 14.8. The van der Waals surface area contributed by atoms with Gasteiger partial charge in [0.1, 0.15) is 11.8 Å². The maximum Gasteiger partial charge on any atom is 0.117 e. The van der Waals surface area contributed by atoms with Gasteiger partial charge in [-0.25, -0.2) is 0 Å². The maximum atomic E-state index is 8.28. The van der Waals surface area contributed by atoms with Crippen molar-refractivity contribution in [3.8, 4) is 6.07 Å². The van der Waals surface area contributed by atoms with Crippen LogP contribution in [-0.2, 0) is 0 Å². The van der Waals surface area contributed by atoms with E-state index in [1.807, 2.05) is 18.2 Å². The summed E-state index contributed by atoms with van der Waals surface area (Å²) in [5.74, 6) is 0. The molecule has 0 unspecified atom stereocenters. The smallest absolute Gasteiger partial charge is 0.117 e. The zero-order chi connectivity index (χ0) is 5.82. The monoisotopic (exact) mass is 106 g/mol. The molecule has 2 heteroatoms. The molecule has 1 heterocycles. The third-order valence-electron chi connectivity index (χ3n) is 0.935. The van der Waals surface area contributed by atoms with Crippen LogP contribution < -0.4 is 5.32 Å². The Morgan fingerprint density at radius 1 is 1.75 bits per heavy atom. The first-order valence-electron chi connectivity index (χ1n) is 2.45. The number of hydrogen-bond donors (Lipinski definition) is 1. The van der Waals surface area contributed by atoms with E-state index in [-0.39, 0.29) is 0 Å². The minimum atomic E-state index is 0.646. The van der Waals surface area contributed by atoms with Gasteiger partial charge in [0, 0.05) is 0 Å². The first-order chi connectivity index (χ1) is 3.93. The van der Waals surface area contributed by atoms with Crippen LogP contribution in [-0.4, -0.2) is 0 Å². The predicted octanol–water partition coefficient (Wildman–Crippen LogP) is 0.901. The molecule has 0 bridgehead atoms. The molecule has 1 aliphatic rings. The number of dihydropyridines is 1. The van der Waals surface area contributed by atoms with Crippen molar-refractivity contribution in [3.05, 3.63) is 24.0 Å². The SMILES string of the molecule is N#CC1=CCC=CN1. The summed E-state index contributed by atoms with van der Waals surface area (Å²) in [5, 5.41) is 11.1. The van der Waals surface area contributed by atoms with E-state index in [0.717, 1.165) is 6.42 Å². The quantitative estimate of drug-likeness (QED) is 0.498. The van der Waals surface area contributed by atoms with Crippen LogP contribution in [0.3, 0.4) is 0 Å². The molecule has 0 spiro atoms. The van der Waals surface area contributed by atoms with Gasteiger partial charge in [0.15, 0.2) is 0 Å². The Bertz CT molecular complexity index is 171. The Balaban J connectivity index is 2.59. The fraction of sp³-hybridized carbons (Fsp3) is 0.167. The number of rotatable bonds is 0. The van der Waals surface area contributed by atoms with Crippen molar-refractivity contribution in [1.82, 2.24) is 5.32 Å². The van der Waals surface area contributed by atoms with Crippen LogP contribution in [0.15, 0.2) is 24.0 Å². The summed E-state index contributed by atoms with van der Waals surface area (Å²) in [6.07, 6.45) is 6.45. The molecule has 0 amide bonds.